The molecule has 172 valence electrons. The highest BCUT2D eigenvalue weighted by molar-refractivity contribution is 5.75. The van der Waals surface area contributed by atoms with Crippen LogP contribution in [0.15, 0.2) is 12.2 Å². The van der Waals surface area contributed by atoms with Crippen LogP contribution in [0, 0.1) is 23.2 Å². The number of fused-ring (bicyclic) bond motifs is 2. The van der Waals surface area contributed by atoms with Crippen molar-refractivity contribution < 1.29 is 35.1 Å². The van der Waals surface area contributed by atoms with Crippen molar-refractivity contribution in [3.63, 3.8) is 0 Å². The predicted octanol–water partition coefficient (Wildman–Crippen LogP) is -0.332. The van der Waals surface area contributed by atoms with Crippen LogP contribution < -0.4 is 0 Å². The number of allylic oxidation sites excluding steroid dienone is 1. The van der Waals surface area contributed by atoms with E-state index in [0.717, 1.165) is 32.1 Å². The maximum absolute atomic E-state index is 12.6. The van der Waals surface area contributed by atoms with Crippen LogP contribution in [0.3, 0.4) is 0 Å². The molecule has 3 rings (SSSR count). The van der Waals surface area contributed by atoms with Crippen molar-refractivity contribution in [3.8, 4) is 0 Å². The van der Waals surface area contributed by atoms with Gasteiger partial charge in [0.15, 0.2) is 0 Å². The molecule has 9 atom stereocenters. The quantitative estimate of drug-likeness (QED) is 0.263. The fourth-order valence-electron chi connectivity index (χ4n) is 5.87. The molecule has 0 spiro atoms. The van der Waals surface area contributed by atoms with Crippen LogP contribution in [-0.2, 0) is 9.53 Å². The second-order valence-corrected chi connectivity index (χ2v) is 9.92. The number of ether oxygens (including phenoxy) is 1. The second kappa shape index (κ2) is 9.22. The molecular weight excluding hydrogens is 390 g/mol. The summed E-state index contributed by atoms with van der Waals surface area (Å²) >= 11 is 0. The van der Waals surface area contributed by atoms with Crippen molar-refractivity contribution in [2.75, 3.05) is 26.7 Å². The molecule has 0 unspecified atom stereocenters. The number of aliphatic hydroxyl groups is 5. The van der Waals surface area contributed by atoms with Crippen LogP contribution >= 0.6 is 0 Å². The SMILES string of the molecule is C=C1CCC[C@]2(C)C[C@H]3OC(=O)[C@H](CN(C)C[C@@H](O)[C@@H](O)[C@H](O)[C@H](O)CO)[C@H]3C[C@@H]12. The first-order chi connectivity index (χ1) is 14.1. The molecule has 3 aliphatic rings. The lowest BCUT2D eigenvalue weighted by atomic mass is 9.55. The van der Waals surface area contributed by atoms with Gasteiger partial charge < -0.3 is 35.2 Å². The summed E-state index contributed by atoms with van der Waals surface area (Å²) in [7, 11) is 1.73. The minimum absolute atomic E-state index is 0.00535. The molecule has 1 aliphatic heterocycles. The van der Waals surface area contributed by atoms with Gasteiger partial charge >= 0.3 is 5.97 Å². The molecule has 0 aromatic carbocycles. The van der Waals surface area contributed by atoms with Crippen molar-refractivity contribution in [1.29, 1.82) is 0 Å². The average Bonchev–Trinajstić information content (AvgIpc) is 2.98. The van der Waals surface area contributed by atoms with Crippen LogP contribution in [-0.4, -0.2) is 93.7 Å². The Morgan fingerprint density at radius 1 is 1.23 bits per heavy atom. The first kappa shape index (κ1) is 23.6. The molecule has 3 fully saturated rings. The molecule has 0 amide bonds. The van der Waals surface area contributed by atoms with E-state index in [4.69, 9.17) is 9.84 Å². The van der Waals surface area contributed by atoms with Gasteiger partial charge in [-0.2, -0.15) is 0 Å². The molecule has 5 N–H and O–H groups in total. The topological polar surface area (TPSA) is 131 Å². The van der Waals surface area contributed by atoms with Gasteiger partial charge in [-0.3, -0.25) is 4.79 Å². The van der Waals surface area contributed by atoms with Gasteiger partial charge in [0.05, 0.1) is 18.6 Å². The Morgan fingerprint density at radius 2 is 1.90 bits per heavy atom. The number of hydrogen-bond acceptors (Lipinski definition) is 8. The number of esters is 1. The maximum atomic E-state index is 12.6. The number of rotatable bonds is 8. The first-order valence-electron chi connectivity index (χ1n) is 11.0. The summed E-state index contributed by atoms with van der Waals surface area (Å²) in [5.74, 6) is -0.0128. The van der Waals surface area contributed by atoms with Gasteiger partial charge in [0.25, 0.3) is 0 Å². The van der Waals surface area contributed by atoms with Gasteiger partial charge in [0.1, 0.15) is 24.4 Å². The lowest BCUT2D eigenvalue weighted by Gasteiger charge is -2.50. The average molecular weight is 428 g/mol. The molecule has 8 nitrogen and oxygen atoms in total. The fourth-order valence-corrected chi connectivity index (χ4v) is 5.87. The van der Waals surface area contributed by atoms with Gasteiger partial charge in [-0.25, -0.2) is 0 Å². The Morgan fingerprint density at radius 3 is 2.57 bits per heavy atom. The molecule has 1 heterocycles. The van der Waals surface area contributed by atoms with E-state index in [2.05, 4.69) is 13.5 Å². The summed E-state index contributed by atoms with van der Waals surface area (Å²) in [4.78, 5) is 14.4. The number of hydrogen-bond donors (Lipinski definition) is 5. The van der Waals surface area contributed by atoms with Crippen LogP contribution in [0.4, 0.5) is 0 Å². The highest BCUT2D eigenvalue weighted by Gasteiger charge is 2.55. The Labute approximate surface area is 178 Å². The zero-order chi connectivity index (χ0) is 22.2. The normalized spacial score (nSPS) is 37.9. The Hall–Kier alpha value is -1.03. The third-order valence-electron chi connectivity index (χ3n) is 7.65. The van der Waals surface area contributed by atoms with Gasteiger partial charge in [0.2, 0.25) is 0 Å². The van der Waals surface area contributed by atoms with Crippen molar-refractivity contribution in [2.45, 2.75) is 69.5 Å². The monoisotopic (exact) mass is 427 g/mol. The molecule has 30 heavy (non-hydrogen) atoms. The highest BCUT2D eigenvalue weighted by atomic mass is 16.6. The second-order valence-electron chi connectivity index (χ2n) is 9.92. The Kier molecular flexibility index (Phi) is 7.26. The van der Waals surface area contributed by atoms with E-state index in [1.807, 2.05) is 0 Å². The molecule has 2 aliphatic carbocycles. The van der Waals surface area contributed by atoms with E-state index in [9.17, 15) is 25.2 Å². The largest absolute Gasteiger partial charge is 0.462 e. The minimum atomic E-state index is -1.66. The molecule has 0 radical (unpaired) electrons. The van der Waals surface area contributed by atoms with Crippen LogP contribution in [0.2, 0.25) is 0 Å². The summed E-state index contributed by atoms with van der Waals surface area (Å²) in [5, 5.41) is 48.4. The third-order valence-corrected chi connectivity index (χ3v) is 7.65. The van der Waals surface area contributed by atoms with Crippen LogP contribution in [0.25, 0.3) is 0 Å². The van der Waals surface area contributed by atoms with Crippen molar-refractivity contribution in [2.24, 2.45) is 23.2 Å². The number of aliphatic hydroxyl groups excluding tert-OH is 5. The lowest BCUT2D eigenvalue weighted by Crippen LogP contribution is -2.50. The summed E-state index contributed by atoms with van der Waals surface area (Å²) in [6.45, 7) is 6.25. The van der Waals surface area contributed by atoms with Gasteiger partial charge in [0, 0.05) is 19.0 Å². The number of likely N-dealkylation sites (N-methyl/N-ethyl adjacent to an activating group) is 1. The van der Waals surface area contributed by atoms with E-state index in [1.54, 1.807) is 11.9 Å². The minimum Gasteiger partial charge on any atom is -0.462 e. The molecule has 0 aromatic heterocycles. The van der Waals surface area contributed by atoms with E-state index in [1.165, 1.54) is 5.57 Å². The third kappa shape index (κ3) is 4.59. The highest BCUT2D eigenvalue weighted by Crippen LogP contribution is 2.56. The van der Waals surface area contributed by atoms with E-state index >= 15 is 0 Å². The smallest absolute Gasteiger partial charge is 0.310 e. The molecule has 8 heteroatoms. The van der Waals surface area contributed by atoms with Crippen molar-refractivity contribution in [1.82, 2.24) is 4.90 Å². The van der Waals surface area contributed by atoms with Gasteiger partial charge in [-0.1, -0.05) is 19.1 Å². The summed E-state index contributed by atoms with van der Waals surface area (Å²) in [6, 6.07) is 0. The van der Waals surface area contributed by atoms with Crippen LogP contribution in [0.1, 0.15) is 39.0 Å². The number of carbonyl (C=O) groups excluding carboxylic acids is 1. The molecule has 0 bridgehead atoms. The molecule has 2 saturated carbocycles. The fraction of sp³-hybridized carbons (Fsp3) is 0.864. The predicted molar refractivity (Wildman–Crippen MR) is 109 cm³/mol. The van der Waals surface area contributed by atoms with Gasteiger partial charge in [-0.15, -0.1) is 0 Å². The summed E-state index contributed by atoms with van der Waals surface area (Å²) in [6.07, 6.45) is -1.17. The molecule has 1 saturated heterocycles. The van der Waals surface area contributed by atoms with Crippen molar-refractivity contribution in [3.05, 3.63) is 12.2 Å². The maximum Gasteiger partial charge on any atom is 0.310 e. The van der Waals surface area contributed by atoms with Crippen LogP contribution in [0.5, 0.6) is 0 Å². The van der Waals surface area contributed by atoms with E-state index in [0.29, 0.717) is 12.5 Å². The Balaban J connectivity index is 1.61. The summed E-state index contributed by atoms with van der Waals surface area (Å²) < 4.78 is 5.76. The number of carbonyl (C=O) groups is 1. The van der Waals surface area contributed by atoms with Crippen molar-refractivity contribution >= 4 is 5.97 Å². The zero-order valence-electron chi connectivity index (χ0n) is 18.0. The molecular formula is C22H37NO7. The lowest BCUT2D eigenvalue weighted by molar-refractivity contribution is -0.146. The zero-order valence-corrected chi connectivity index (χ0v) is 18.0. The Bertz CT molecular complexity index is 643. The van der Waals surface area contributed by atoms with E-state index in [-0.39, 0.29) is 35.9 Å². The van der Waals surface area contributed by atoms with E-state index < -0.39 is 31.0 Å². The summed E-state index contributed by atoms with van der Waals surface area (Å²) in [5.41, 5.74) is 1.42. The standard InChI is InChI=1S/C22H37NO7/c1-12-5-4-6-22(2)8-18-13(7-15(12)22)14(21(29)30-18)9-23(3)10-16(25)19(27)20(28)17(26)11-24/h13-20,24-28H,1,4-11H2,2-3H3/t13-,14-,15+,16-,17-,18-,19-,20-,22-/m1/s1. The first-order valence-corrected chi connectivity index (χ1v) is 11.0. The number of nitrogens with zero attached hydrogens (tertiary/aromatic N) is 1. The van der Waals surface area contributed by atoms with Gasteiger partial charge in [-0.05, 0) is 50.5 Å². The molecule has 0 aromatic rings.